The molecule has 4 heteroatoms. The van der Waals surface area contributed by atoms with Crippen LogP contribution < -0.4 is 5.30 Å². The maximum absolute atomic E-state index is 11.6. The molecule has 1 aromatic carbocycles. The molecule has 0 bridgehead atoms. The van der Waals surface area contributed by atoms with Crippen LogP contribution in [0, 0.1) is 0 Å². The number of rotatable bonds is 3. The van der Waals surface area contributed by atoms with E-state index < -0.39 is 6.72 Å². The lowest BCUT2D eigenvalue weighted by atomic mass is 10.4. The third kappa shape index (κ3) is 2.34. The first-order valence-corrected chi connectivity index (χ1v) is 6.19. The van der Waals surface area contributed by atoms with Gasteiger partial charge in [-0.3, -0.25) is 4.57 Å². The second-order valence-electron chi connectivity index (χ2n) is 2.23. The predicted molar refractivity (Wildman–Crippen MR) is 51.2 cm³/mol. The standard InChI is InChI=1S/C8H10ClO2P/c1-2-11-12(9,10)8-6-4-3-5-7-8/h3-7H,2H2,1H3/t12-/m1/s1. The fourth-order valence-corrected chi connectivity index (χ4v) is 2.49. The number of benzene rings is 1. The quantitative estimate of drug-likeness (QED) is 0.708. The van der Waals surface area contributed by atoms with Crippen LogP contribution in [-0.2, 0) is 9.09 Å². The molecule has 0 heterocycles. The lowest BCUT2D eigenvalue weighted by Crippen LogP contribution is -2.01. The van der Waals surface area contributed by atoms with Gasteiger partial charge in [0.15, 0.2) is 0 Å². The molecule has 0 saturated carbocycles. The summed E-state index contributed by atoms with van der Waals surface area (Å²) >= 11 is 5.70. The molecule has 0 aromatic heterocycles. The monoisotopic (exact) mass is 204 g/mol. The minimum atomic E-state index is -3.07. The van der Waals surface area contributed by atoms with Gasteiger partial charge in [0.1, 0.15) is 0 Å². The molecule has 1 aromatic rings. The normalized spacial score (nSPS) is 15.5. The van der Waals surface area contributed by atoms with E-state index in [1.54, 1.807) is 31.2 Å². The van der Waals surface area contributed by atoms with Crippen LogP contribution >= 0.6 is 18.0 Å². The van der Waals surface area contributed by atoms with Crippen LogP contribution in [0.15, 0.2) is 30.3 Å². The van der Waals surface area contributed by atoms with E-state index >= 15 is 0 Å². The van der Waals surface area contributed by atoms with Gasteiger partial charge in [-0.2, -0.15) is 0 Å². The molecule has 0 aliphatic carbocycles. The van der Waals surface area contributed by atoms with Crippen molar-refractivity contribution < 1.29 is 9.09 Å². The number of hydrogen-bond donors (Lipinski definition) is 0. The highest BCUT2D eigenvalue weighted by molar-refractivity contribution is 7.91. The van der Waals surface area contributed by atoms with Crippen LogP contribution in [0.3, 0.4) is 0 Å². The average molecular weight is 205 g/mol. The molecule has 0 saturated heterocycles. The summed E-state index contributed by atoms with van der Waals surface area (Å²) in [6.07, 6.45) is 0. The molecule has 0 spiro atoms. The predicted octanol–water partition coefficient (Wildman–Crippen LogP) is 2.78. The summed E-state index contributed by atoms with van der Waals surface area (Å²) in [7, 11) is 0. The maximum Gasteiger partial charge on any atom is 0.319 e. The van der Waals surface area contributed by atoms with Crippen molar-refractivity contribution in [2.24, 2.45) is 0 Å². The first-order chi connectivity index (χ1) is 5.67. The Morgan fingerprint density at radius 2 is 2.00 bits per heavy atom. The van der Waals surface area contributed by atoms with Gasteiger partial charge in [0.25, 0.3) is 0 Å². The molecule has 0 aliphatic rings. The highest BCUT2D eigenvalue weighted by Gasteiger charge is 2.20. The van der Waals surface area contributed by atoms with Crippen molar-refractivity contribution >= 4 is 23.3 Å². The molecule has 0 N–H and O–H groups in total. The Hall–Kier alpha value is -0.300. The van der Waals surface area contributed by atoms with Crippen molar-refractivity contribution in [1.82, 2.24) is 0 Å². The molecule has 0 unspecified atom stereocenters. The van der Waals surface area contributed by atoms with Crippen molar-refractivity contribution in [3.8, 4) is 0 Å². The molecule has 0 fully saturated rings. The molecule has 0 amide bonds. The summed E-state index contributed by atoms with van der Waals surface area (Å²) in [5, 5.41) is 0.550. The summed E-state index contributed by atoms with van der Waals surface area (Å²) in [6.45, 7) is -0.954. The Morgan fingerprint density at radius 1 is 1.42 bits per heavy atom. The fraction of sp³-hybridized carbons (Fsp3) is 0.250. The zero-order valence-corrected chi connectivity index (χ0v) is 8.39. The SMILES string of the molecule is CCO[P@@](=O)(Cl)c1ccccc1. The topological polar surface area (TPSA) is 26.3 Å². The van der Waals surface area contributed by atoms with Crippen LogP contribution in [0.2, 0.25) is 0 Å². The van der Waals surface area contributed by atoms with Gasteiger partial charge in [0.2, 0.25) is 0 Å². The van der Waals surface area contributed by atoms with E-state index in [1.165, 1.54) is 0 Å². The van der Waals surface area contributed by atoms with Gasteiger partial charge in [0, 0.05) is 0 Å². The molecule has 0 aliphatic heterocycles. The molecule has 1 atom stereocenters. The lowest BCUT2D eigenvalue weighted by molar-refractivity contribution is 0.352. The number of halogens is 1. The average Bonchev–Trinajstić information content (AvgIpc) is 2.06. The Balaban J connectivity index is 2.90. The second kappa shape index (κ2) is 4.08. The van der Waals surface area contributed by atoms with E-state index in [0.29, 0.717) is 11.9 Å². The van der Waals surface area contributed by atoms with Crippen LogP contribution in [0.1, 0.15) is 6.92 Å². The van der Waals surface area contributed by atoms with E-state index in [2.05, 4.69) is 0 Å². The van der Waals surface area contributed by atoms with Gasteiger partial charge in [-0.1, -0.05) is 18.2 Å². The molecular formula is C8H10ClO2P. The van der Waals surface area contributed by atoms with Gasteiger partial charge >= 0.3 is 6.72 Å². The summed E-state index contributed by atoms with van der Waals surface area (Å²) in [5.41, 5.74) is 0. The third-order valence-electron chi connectivity index (χ3n) is 1.36. The van der Waals surface area contributed by atoms with Gasteiger partial charge in [0.05, 0.1) is 11.9 Å². The lowest BCUT2D eigenvalue weighted by Gasteiger charge is -2.08. The summed E-state index contributed by atoms with van der Waals surface area (Å²) in [6, 6.07) is 8.80. The Labute approximate surface area is 76.7 Å². The van der Waals surface area contributed by atoms with Crippen molar-refractivity contribution in [2.75, 3.05) is 6.61 Å². The largest absolute Gasteiger partial charge is 0.319 e. The zero-order chi connectivity index (χ0) is 9.03. The van der Waals surface area contributed by atoms with E-state index in [1.807, 2.05) is 6.07 Å². The first kappa shape index (κ1) is 9.79. The van der Waals surface area contributed by atoms with Crippen molar-refractivity contribution in [3.63, 3.8) is 0 Å². The molecule has 12 heavy (non-hydrogen) atoms. The zero-order valence-electron chi connectivity index (χ0n) is 6.74. The smallest absolute Gasteiger partial charge is 0.315 e. The maximum atomic E-state index is 11.6. The summed E-state index contributed by atoms with van der Waals surface area (Å²) in [5.74, 6) is 0. The highest BCUT2D eigenvalue weighted by Crippen LogP contribution is 2.50. The molecule has 2 nitrogen and oxygen atoms in total. The number of hydrogen-bond acceptors (Lipinski definition) is 2. The van der Waals surface area contributed by atoms with Crippen molar-refractivity contribution in [3.05, 3.63) is 30.3 Å². The van der Waals surface area contributed by atoms with E-state index in [-0.39, 0.29) is 0 Å². The minimum absolute atomic E-state index is 0.357. The van der Waals surface area contributed by atoms with Crippen molar-refractivity contribution in [1.29, 1.82) is 0 Å². The Kier molecular flexibility index (Phi) is 3.33. The minimum Gasteiger partial charge on any atom is -0.315 e. The van der Waals surface area contributed by atoms with Crippen molar-refractivity contribution in [2.45, 2.75) is 6.92 Å². The van der Waals surface area contributed by atoms with Gasteiger partial charge in [-0.15, -0.1) is 0 Å². The molecule has 66 valence electrons. The van der Waals surface area contributed by atoms with Crippen LogP contribution in [-0.4, -0.2) is 6.61 Å². The Morgan fingerprint density at radius 3 is 2.50 bits per heavy atom. The first-order valence-electron chi connectivity index (χ1n) is 3.66. The van der Waals surface area contributed by atoms with E-state index in [4.69, 9.17) is 15.8 Å². The highest BCUT2D eigenvalue weighted by atomic mass is 35.7. The van der Waals surface area contributed by atoms with Crippen LogP contribution in [0.4, 0.5) is 0 Å². The summed E-state index contributed by atoms with van der Waals surface area (Å²) in [4.78, 5) is 0. The fourth-order valence-electron chi connectivity index (χ4n) is 0.847. The third-order valence-corrected chi connectivity index (χ3v) is 3.74. The Bertz CT molecular complexity index is 286. The van der Waals surface area contributed by atoms with Crippen LogP contribution in [0.25, 0.3) is 0 Å². The van der Waals surface area contributed by atoms with Gasteiger partial charge in [-0.05, 0) is 30.3 Å². The molecule has 1 rings (SSSR count). The van der Waals surface area contributed by atoms with E-state index in [9.17, 15) is 4.57 Å². The molecule has 0 radical (unpaired) electrons. The molecular weight excluding hydrogens is 195 g/mol. The van der Waals surface area contributed by atoms with Crippen LogP contribution in [0.5, 0.6) is 0 Å². The van der Waals surface area contributed by atoms with E-state index in [0.717, 1.165) is 0 Å². The van der Waals surface area contributed by atoms with Gasteiger partial charge in [-0.25, -0.2) is 0 Å². The summed E-state index contributed by atoms with van der Waals surface area (Å²) < 4.78 is 16.5. The second-order valence-corrected chi connectivity index (χ2v) is 5.30. The van der Waals surface area contributed by atoms with Gasteiger partial charge < -0.3 is 4.52 Å².